The van der Waals surface area contributed by atoms with Gasteiger partial charge >= 0.3 is 0 Å². The first-order chi connectivity index (χ1) is 14.2. The number of benzene rings is 2. The standard InChI is InChI=1S/C24H32N4O.HI/c1-3-19-9-4-6-11-21(19)17-27-24(25-2)26-15-8-13-23(29)28-16-14-20-10-5-7-12-22(20)18-28;/h4-7,9-12H,3,8,13-18H2,1-2H3,(H2,25,26,27);1H. The number of carbonyl (C=O) groups excluding carboxylic acids is 1. The summed E-state index contributed by atoms with van der Waals surface area (Å²) < 4.78 is 0. The molecule has 0 spiro atoms. The number of aryl methyl sites for hydroxylation is 1. The summed E-state index contributed by atoms with van der Waals surface area (Å²) in [4.78, 5) is 18.8. The van der Waals surface area contributed by atoms with Crippen molar-refractivity contribution in [3.8, 4) is 0 Å². The van der Waals surface area contributed by atoms with E-state index in [1.54, 1.807) is 7.05 Å². The fraction of sp³-hybridized carbons (Fsp3) is 0.417. The number of aliphatic imine (C=N–C) groups is 1. The molecule has 0 bridgehead atoms. The molecule has 1 amide bonds. The van der Waals surface area contributed by atoms with E-state index in [4.69, 9.17) is 0 Å². The summed E-state index contributed by atoms with van der Waals surface area (Å²) in [6.07, 6.45) is 3.33. The van der Waals surface area contributed by atoms with E-state index in [-0.39, 0.29) is 29.9 Å². The smallest absolute Gasteiger partial charge is 0.222 e. The van der Waals surface area contributed by atoms with Gasteiger partial charge in [0.05, 0.1) is 0 Å². The molecule has 0 aliphatic carbocycles. The third-order valence-corrected chi connectivity index (χ3v) is 5.51. The topological polar surface area (TPSA) is 56.7 Å². The van der Waals surface area contributed by atoms with Crippen molar-refractivity contribution in [1.29, 1.82) is 0 Å². The van der Waals surface area contributed by atoms with Crippen LogP contribution in [0.15, 0.2) is 53.5 Å². The van der Waals surface area contributed by atoms with E-state index in [2.05, 4.69) is 65.0 Å². The van der Waals surface area contributed by atoms with Gasteiger partial charge in [0, 0.05) is 39.6 Å². The summed E-state index contributed by atoms with van der Waals surface area (Å²) in [5.74, 6) is 1.01. The maximum Gasteiger partial charge on any atom is 0.222 e. The molecule has 6 heteroatoms. The van der Waals surface area contributed by atoms with E-state index in [1.165, 1.54) is 22.3 Å². The minimum atomic E-state index is 0. The first kappa shape index (κ1) is 24.2. The van der Waals surface area contributed by atoms with Gasteiger partial charge in [0.1, 0.15) is 0 Å². The Labute approximate surface area is 197 Å². The predicted molar refractivity (Wildman–Crippen MR) is 134 cm³/mol. The maximum atomic E-state index is 12.6. The Hall–Kier alpha value is -2.09. The van der Waals surface area contributed by atoms with Crippen molar-refractivity contribution in [2.45, 2.75) is 45.7 Å². The summed E-state index contributed by atoms with van der Waals surface area (Å²) in [5.41, 5.74) is 5.29. The highest BCUT2D eigenvalue weighted by Gasteiger charge is 2.19. The first-order valence-corrected chi connectivity index (χ1v) is 10.6. The molecule has 0 fully saturated rings. The zero-order valence-corrected chi connectivity index (χ0v) is 20.3. The lowest BCUT2D eigenvalue weighted by Crippen LogP contribution is -2.38. The van der Waals surface area contributed by atoms with Gasteiger partial charge in [-0.05, 0) is 41.5 Å². The van der Waals surface area contributed by atoms with Gasteiger partial charge in [-0.2, -0.15) is 0 Å². The number of halogens is 1. The van der Waals surface area contributed by atoms with Gasteiger partial charge in [-0.15, -0.1) is 24.0 Å². The molecule has 1 heterocycles. The Morgan fingerprint density at radius 3 is 2.47 bits per heavy atom. The van der Waals surface area contributed by atoms with E-state index in [1.807, 2.05) is 11.0 Å². The van der Waals surface area contributed by atoms with Crippen LogP contribution in [0.4, 0.5) is 0 Å². The Morgan fingerprint density at radius 1 is 1.03 bits per heavy atom. The molecule has 0 saturated carbocycles. The van der Waals surface area contributed by atoms with Crippen LogP contribution in [0.3, 0.4) is 0 Å². The van der Waals surface area contributed by atoms with Gasteiger partial charge in [0.25, 0.3) is 0 Å². The number of nitrogens with one attached hydrogen (secondary N) is 2. The van der Waals surface area contributed by atoms with Crippen molar-refractivity contribution in [3.05, 3.63) is 70.8 Å². The summed E-state index contributed by atoms with van der Waals surface area (Å²) in [7, 11) is 1.78. The molecule has 1 aliphatic heterocycles. The summed E-state index contributed by atoms with van der Waals surface area (Å²) in [6, 6.07) is 16.9. The lowest BCUT2D eigenvalue weighted by atomic mass is 9.99. The van der Waals surface area contributed by atoms with E-state index in [0.29, 0.717) is 6.42 Å². The lowest BCUT2D eigenvalue weighted by molar-refractivity contribution is -0.132. The summed E-state index contributed by atoms with van der Waals surface area (Å²) in [5, 5.41) is 6.69. The quantitative estimate of drug-likeness (QED) is 0.252. The van der Waals surface area contributed by atoms with Crippen LogP contribution >= 0.6 is 24.0 Å². The molecule has 3 rings (SSSR count). The van der Waals surface area contributed by atoms with Crippen LogP contribution in [0.2, 0.25) is 0 Å². The van der Waals surface area contributed by atoms with E-state index < -0.39 is 0 Å². The maximum absolute atomic E-state index is 12.6. The second kappa shape index (κ2) is 12.6. The normalized spacial score (nSPS) is 13.3. The molecule has 30 heavy (non-hydrogen) atoms. The average molecular weight is 520 g/mol. The SMILES string of the molecule is CCc1ccccc1CNC(=NC)NCCCC(=O)N1CCc2ccccc2C1.I. The zero-order chi connectivity index (χ0) is 20.5. The van der Waals surface area contributed by atoms with Crippen molar-refractivity contribution < 1.29 is 4.79 Å². The minimum absolute atomic E-state index is 0. The third-order valence-electron chi connectivity index (χ3n) is 5.51. The fourth-order valence-electron chi connectivity index (χ4n) is 3.79. The highest BCUT2D eigenvalue weighted by Crippen LogP contribution is 2.19. The Bertz CT molecular complexity index is 853. The average Bonchev–Trinajstić information content (AvgIpc) is 2.78. The highest BCUT2D eigenvalue weighted by atomic mass is 127. The molecule has 0 atom stereocenters. The number of fused-ring (bicyclic) bond motifs is 1. The van der Waals surface area contributed by atoms with Crippen LogP contribution in [-0.2, 0) is 30.7 Å². The van der Waals surface area contributed by atoms with Gasteiger partial charge < -0.3 is 15.5 Å². The van der Waals surface area contributed by atoms with Gasteiger partial charge in [0.2, 0.25) is 5.91 Å². The van der Waals surface area contributed by atoms with Crippen molar-refractivity contribution >= 4 is 35.8 Å². The van der Waals surface area contributed by atoms with Crippen molar-refractivity contribution in [3.63, 3.8) is 0 Å². The van der Waals surface area contributed by atoms with Crippen LogP contribution in [0.5, 0.6) is 0 Å². The lowest BCUT2D eigenvalue weighted by Gasteiger charge is -2.29. The highest BCUT2D eigenvalue weighted by molar-refractivity contribution is 14.0. The van der Waals surface area contributed by atoms with Crippen LogP contribution < -0.4 is 10.6 Å². The Balaban J connectivity index is 0.00000320. The molecule has 162 valence electrons. The van der Waals surface area contributed by atoms with E-state index in [0.717, 1.165) is 51.4 Å². The fourth-order valence-corrected chi connectivity index (χ4v) is 3.79. The predicted octanol–water partition coefficient (Wildman–Crippen LogP) is 3.90. The van der Waals surface area contributed by atoms with Crippen molar-refractivity contribution in [2.75, 3.05) is 20.1 Å². The molecule has 1 aliphatic rings. The molecule has 0 saturated heterocycles. The van der Waals surface area contributed by atoms with Gasteiger partial charge in [0.15, 0.2) is 5.96 Å². The summed E-state index contributed by atoms with van der Waals surface area (Å²) in [6.45, 7) is 5.21. The first-order valence-electron chi connectivity index (χ1n) is 10.6. The van der Waals surface area contributed by atoms with Crippen molar-refractivity contribution in [2.24, 2.45) is 4.99 Å². The van der Waals surface area contributed by atoms with Crippen LogP contribution in [0.25, 0.3) is 0 Å². The molecule has 0 unspecified atom stereocenters. The molecule has 2 aromatic carbocycles. The van der Waals surface area contributed by atoms with Gasteiger partial charge in [-0.25, -0.2) is 0 Å². The Morgan fingerprint density at radius 2 is 1.73 bits per heavy atom. The third kappa shape index (κ3) is 6.72. The molecule has 5 nitrogen and oxygen atoms in total. The van der Waals surface area contributed by atoms with E-state index >= 15 is 0 Å². The number of guanidine groups is 1. The minimum Gasteiger partial charge on any atom is -0.356 e. The molecule has 2 aromatic rings. The second-order valence-electron chi connectivity index (χ2n) is 7.41. The van der Waals surface area contributed by atoms with E-state index in [9.17, 15) is 4.79 Å². The molecular formula is C24H33IN4O. The zero-order valence-electron chi connectivity index (χ0n) is 18.0. The molecule has 0 aromatic heterocycles. The summed E-state index contributed by atoms with van der Waals surface area (Å²) >= 11 is 0. The van der Waals surface area contributed by atoms with Crippen molar-refractivity contribution in [1.82, 2.24) is 15.5 Å². The number of hydrogen-bond acceptors (Lipinski definition) is 2. The number of amides is 1. The molecule has 0 radical (unpaired) electrons. The second-order valence-corrected chi connectivity index (χ2v) is 7.41. The Kier molecular flexibility index (Phi) is 10.1. The van der Waals surface area contributed by atoms with Gasteiger partial charge in [-0.1, -0.05) is 55.5 Å². The molecular weight excluding hydrogens is 487 g/mol. The van der Waals surface area contributed by atoms with Crippen LogP contribution in [0, 0.1) is 0 Å². The monoisotopic (exact) mass is 520 g/mol. The van der Waals surface area contributed by atoms with Crippen LogP contribution in [0.1, 0.15) is 42.0 Å². The largest absolute Gasteiger partial charge is 0.356 e. The molecule has 2 N–H and O–H groups in total. The number of hydrogen-bond donors (Lipinski definition) is 2. The number of nitrogens with zero attached hydrogens (tertiary/aromatic N) is 2. The number of rotatable bonds is 7. The number of carbonyl (C=O) groups is 1. The van der Waals surface area contributed by atoms with Gasteiger partial charge in [-0.3, -0.25) is 9.79 Å². The van der Waals surface area contributed by atoms with Crippen LogP contribution in [-0.4, -0.2) is 36.9 Å².